The average Bonchev–Trinajstić information content (AvgIpc) is 3.26. The van der Waals surface area contributed by atoms with Gasteiger partial charge in [-0.05, 0) is 49.9 Å². The molecule has 10 heteroatoms. The van der Waals surface area contributed by atoms with Crippen LogP contribution >= 0.6 is 11.6 Å². The van der Waals surface area contributed by atoms with Gasteiger partial charge in [0.2, 0.25) is 11.7 Å². The zero-order valence-electron chi connectivity index (χ0n) is 14.7. The number of fused-ring (bicyclic) bond motifs is 1. The lowest BCUT2D eigenvalue weighted by Gasteiger charge is -2.14. The predicted molar refractivity (Wildman–Crippen MR) is 93.1 cm³/mol. The summed E-state index contributed by atoms with van der Waals surface area (Å²) in [6.07, 6.45) is -1.97. The molecule has 0 spiro atoms. The highest BCUT2D eigenvalue weighted by Gasteiger charge is 2.39. The molecule has 0 N–H and O–H groups in total. The minimum atomic E-state index is -4.47. The van der Waals surface area contributed by atoms with Gasteiger partial charge in [0.05, 0.1) is 0 Å². The Balaban J connectivity index is 1.48. The van der Waals surface area contributed by atoms with Crippen LogP contribution in [-0.4, -0.2) is 19.9 Å². The first-order chi connectivity index (χ1) is 13.4. The van der Waals surface area contributed by atoms with Crippen LogP contribution in [0.4, 0.5) is 13.2 Å². The molecule has 0 saturated carbocycles. The Bertz CT molecular complexity index is 966. The van der Waals surface area contributed by atoms with E-state index in [2.05, 4.69) is 15.2 Å². The fraction of sp³-hybridized carbons (Fsp3) is 0.389. The molecule has 6 nitrogen and oxygen atoms in total. The maximum atomic E-state index is 13.3. The summed E-state index contributed by atoms with van der Waals surface area (Å²) in [6, 6.07) is 6.80. The summed E-state index contributed by atoms with van der Waals surface area (Å²) >= 11 is 5.82. The Morgan fingerprint density at radius 3 is 2.64 bits per heavy atom. The number of hydrogen-bond donors (Lipinski definition) is 0. The van der Waals surface area contributed by atoms with Gasteiger partial charge in [-0.2, -0.15) is 23.3 Å². The van der Waals surface area contributed by atoms with Crippen molar-refractivity contribution in [2.24, 2.45) is 0 Å². The second kappa shape index (κ2) is 7.46. The fourth-order valence-electron chi connectivity index (χ4n) is 3.25. The second-order valence-corrected chi connectivity index (χ2v) is 6.92. The number of halogens is 4. The topological polar surface area (TPSA) is 66.0 Å². The predicted octanol–water partition coefficient (Wildman–Crippen LogP) is 4.44. The summed E-state index contributed by atoms with van der Waals surface area (Å²) in [6.45, 7) is 0.0580. The summed E-state index contributed by atoms with van der Waals surface area (Å²) < 4.78 is 51.8. The van der Waals surface area contributed by atoms with Crippen molar-refractivity contribution in [2.75, 3.05) is 0 Å². The normalized spacial score (nSPS) is 14.1. The molecule has 0 atom stereocenters. The highest BCUT2D eigenvalue weighted by Crippen LogP contribution is 2.36. The summed E-state index contributed by atoms with van der Waals surface area (Å²) in [5.41, 5.74) is 0.0633. The van der Waals surface area contributed by atoms with Gasteiger partial charge in [0, 0.05) is 16.3 Å². The number of ether oxygens (including phenoxy) is 1. The third-order valence-electron chi connectivity index (χ3n) is 4.50. The number of aromatic nitrogens is 4. The highest BCUT2D eigenvalue weighted by molar-refractivity contribution is 6.30. The smallest absolute Gasteiger partial charge is 0.435 e. The van der Waals surface area contributed by atoms with Crippen molar-refractivity contribution in [1.82, 2.24) is 19.9 Å². The SMILES string of the molecule is FC(F)(F)c1nn(Cc2nc(COc3ccc(Cl)cc3)no2)c2c1CCCC2. The van der Waals surface area contributed by atoms with Crippen LogP contribution in [0.15, 0.2) is 28.8 Å². The standard InChI is InChI=1S/C18H16ClF3N4O2/c19-11-5-7-12(8-6-11)27-10-15-23-16(28-25-15)9-26-14-4-2-1-3-13(14)17(24-26)18(20,21)22/h5-8H,1-4,9-10H2. The lowest BCUT2D eigenvalue weighted by atomic mass is 9.95. The second-order valence-electron chi connectivity index (χ2n) is 6.48. The van der Waals surface area contributed by atoms with Crippen LogP contribution in [-0.2, 0) is 32.2 Å². The Labute approximate surface area is 163 Å². The quantitative estimate of drug-likeness (QED) is 0.619. The molecule has 0 saturated heterocycles. The van der Waals surface area contributed by atoms with Gasteiger partial charge in [-0.15, -0.1) is 0 Å². The summed E-state index contributed by atoms with van der Waals surface area (Å²) in [5.74, 6) is 1.06. The third kappa shape index (κ3) is 3.99. The van der Waals surface area contributed by atoms with E-state index in [-0.39, 0.29) is 24.6 Å². The van der Waals surface area contributed by atoms with Crippen LogP contribution in [0.1, 0.15) is 41.5 Å². The van der Waals surface area contributed by atoms with E-state index in [1.807, 2.05) is 0 Å². The van der Waals surface area contributed by atoms with Crippen LogP contribution in [0.3, 0.4) is 0 Å². The van der Waals surface area contributed by atoms with Crippen LogP contribution in [0.25, 0.3) is 0 Å². The third-order valence-corrected chi connectivity index (χ3v) is 4.75. The summed E-state index contributed by atoms with van der Waals surface area (Å²) in [4.78, 5) is 4.19. The van der Waals surface area contributed by atoms with Crippen LogP contribution in [0.2, 0.25) is 5.02 Å². The zero-order chi connectivity index (χ0) is 19.7. The Morgan fingerprint density at radius 2 is 1.89 bits per heavy atom. The van der Waals surface area contributed by atoms with Crippen molar-refractivity contribution in [3.8, 4) is 5.75 Å². The van der Waals surface area contributed by atoms with Crippen LogP contribution < -0.4 is 4.74 Å². The molecule has 0 fully saturated rings. The van der Waals surface area contributed by atoms with Crippen LogP contribution in [0.5, 0.6) is 5.75 Å². The monoisotopic (exact) mass is 412 g/mol. The first-order valence-electron chi connectivity index (χ1n) is 8.76. The van der Waals surface area contributed by atoms with E-state index >= 15 is 0 Å². The van der Waals surface area contributed by atoms with Gasteiger partial charge in [0.1, 0.15) is 12.3 Å². The molecule has 4 rings (SSSR count). The summed E-state index contributed by atoms with van der Waals surface area (Å²) in [7, 11) is 0. The summed E-state index contributed by atoms with van der Waals surface area (Å²) in [5, 5.41) is 8.19. The fourth-order valence-corrected chi connectivity index (χ4v) is 3.38. The minimum Gasteiger partial charge on any atom is -0.485 e. The van der Waals surface area contributed by atoms with E-state index < -0.39 is 11.9 Å². The van der Waals surface area contributed by atoms with Crippen LogP contribution in [0, 0.1) is 0 Å². The maximum absolute atomic E-state index is 13.3. The molecule has 1 aromatic carbocycles. The number of nitrogens with zero attached hydrogens (tertiary/aromatic N) is 4. The zero-order valence-corrected chi connectivity index (χ0v) is 15.4. The van der Waals surface area contributed by atoms with Gasteiger partial charge in [-0.1, -0.05) is 16.8 Å². The lowest BCUT2D eigenvalue weighted by Crippen LogP contribution is -2.11. The molecule has 0 unspecified atom stereocenters. The molecule has 2 heterocycles. The van der Waals surface area contributed by atoms with Crippen molar-refractivity contribution in [3.63, 3.8) is 0 Å². The van der Waals surface area contributed by atoms with Gasteiger partial charge in [-0.25, -0.2) is 0 Å². The molecule has 0 aliphatic heterocycles. The Kier molecular flexibility index (Phi) is 5.01. The molecule has 0 amide bonds. The molecule has 1 aliphatic carbocycles. The Hall–Kier alpha value is -2.55. The van der Waals surface area contributed by atoms with E-state index in [1.54, 1.807) is 24.3 Å². The van der Waals surface area contributed by atoms with Gasteiger partial charge in [0.15, 0.2) is 12.3 Å². The van der Waals surface area contributed by atoms with E-state index in [0.717, 1.165) is 12.8 Å². The molecular formula is C18H16ClF3N4O2. The van der Waals surface area contributed by atoms with Crippen molar-refractivity contribution >= 4 is 11.6 Å². The molecule has 0 bridgehead atoms. The average molecular weight is 413 g/mol. The van der Waals surface area contributed by atoms with Gasteiger partial charge in [0.25, 0.3) is 0 Å². The van der Waals surface area contributed by atoms with Gasteiger partial charge < -0.3 is 9.26 Å². The minimum absolute atomic E-state index is 0.00758. The highest BCUT2D eigenvalue weighted by atomic mass is 35.5. The van der Waals surface area contributed by atoms with Gasteiger partial charge in [-0.3, -0.25) is 4.68 Å². The first-order valence-corrected chi connectivity index (χ1v) is 9.13. The number of alkyl halides is 3. The maximum Gasteiger partial charge on any atom is 0.435 e. The lowest BCUT2D eigenvalue weighted by molar-refractivity contribution is -0.142. The van der Waals surface area contributed by atoms with Gasteiger partial charge >= 0.3 is 6.18 Å². The number of benzene rings is 1. The first kappa shape index (κ1) is 18.8. The molecule has 0 radical (unpaired) electrons. The largest absolute Gasteiger partial charge is 0.485 e. The van der Waals surface area contributed by atoms with E-state index in [1.165, 1.54) is 4.68 Å². The Morgan fingerprint density at radius 1 is 1.14 bits per heavy atom. The van der Waals surface area contributed by atoms with Crippen molar-refractivity contribution in [2.45, 2.75) is 45.0 Å². The van der Waals surface area contributed by atoms with Crippen molar-refractivity contribution in [1.29, 1.82) is 0 Å². The molecule has 148 valence electrons. The number of hydrogen-bond acceptors (Lipinski definition) is 5. The van der Waals surface area contributed by atoms with E-state index in [9.17, 15) is 13.2 Å². The molecule has 28 heavy (non-hydrogen) atoms. The molecular weight excluding hydrogens is 397 g/mol. The van der Waals surface area contributed by atoms with E-state index in [0.29, 0.717) is 35.1 Å². The molecule has 1 aliphatic rings. The molecule has 2 aromatic heterocycles. The number of rotatable bonds is 5. The molecule has 3 aromatic rings. The van der Waals surface area contributed by atoms with Crippen molar-refractivity contribution < 1.29 is 22.4 Å². The van der Waals surface area contributed by atoms with E-state index in [4.69, 9.17) is 20.9 Å². The van der Waals surface area contributed by atoms with Crippen molar-refractivity contribution in [3.05, 3.63) is 58.0 Å².